The molecule has 8 heteroatoms. The molecule has 0 radical (unpaired) electrons. The van der Waals surface area contributed by atoms with Crippen LogP contribution in [0.4, 0.5) is 5.69 Å². The number of nitrogens with zero attached hydrogens (tertiary/aromatic N) is 2. The summed E-state index contributed by atoms with van der Waals surface area (Å²) in [5, 5.41) is 2.98. The fraction of sp³-hybridized carbons (Fsp3) is 0.500. The summed E-state index contributed by atoms with van der Waals surface area (Å²) in [7, 11) is -3.78. The van der Waals surface area contributed by atoms with Crippen molar-refractivity contribution in [2.45, 2.75) is 78.9 Å². The molecular weight excluding hydrogens is 474 g/mol. The predicted octanol–water partition coefficient (Wildman–Crippen LogP) is 4.61. The van der Waals surface area contributed by atoms with Crippen molar-refractivity contribution in [1.29, 1.82) is 0 Å². The third-order valence-corrected chi connectivity index (χ3v) is 6.95. The lowest BCUT2D eigenvalue weighted by atomic mass is 10.0. The summed E-state index contributed by atoms with van der Waals surface area (Å²) < 4.78 is 27.0. The molecule has 0 aliphatic rings. The van der Waals surface area contributed by atoms with Gasteiger partial charge < -0.3 is 10.2 Å². The molecular formula is C28H41N3O4S. The number of carbonyl (C=O) groups excluding carboxylic acids is 2. The van der Waals surface area contributed by atoms with Gasteiger partial charge >= 0.3 is 0 Å². The van der Waals surface area contributed by atoms with Gasteiger partial charge in [0.25, 0.3) is 0 Å². The lowest BCUT2D eigenvalue weighted by Gasteiger charge is -2.35. The number of para-hydroxylation sites is 1. The van der Waals surface area contributed by atoms with E-state index in [4.69, 9.17) is 0 Å². The summed E-state index contributed by atoms with van der Waals surface area (Å²) in [6.45, 7) is 13.2. The largest absolute Gasteiger partial charge is 0.350 e. The highest BCUT2D eigenvalue weighted by Gasteiger charge is 2.33. The fourth-order valence-electron chi connectivity index (χ4n) is 4.18. The topological polar surface area (TPSA) is 86.8 Å². The van der Waals surface area contributed by atoms with E-state index in [1.165, 1.54) is 4.90 Å². The van der Waals surface area contributed by atoms with E-state index in [2.05, 4.69) is 5.32 Å². The van der Waals surface area contributed by atoms with Crippen molar-refractivity contribution < 1.29 is 18.0 Å². The van der Waals surface area contributed by atoms with Crippen molar-refractivity contribution in [3.05, 3.63) is 65.2 Å². The van der Waals surface area contributed by atoms with E-state index in [-0.39, 0.29) is 18.4 Å². The second kappa shape index (κ2) is 11.9. The van der Waals surface area contributed by atoms with Gasteiger partial charge in [-0.25, -0.2) is 8.42 Å². The number of carbonyl (C=O) groups is 2. The van der Waals surface area contributed by atoms with Gasteiger partial charge in [0.15, 0.2) is 0 Å². The second-order valence-corrected chi connectivity index (χ2v) is 12.6. The first kappa shape index (κ1) is 29.4. The zero-order valence-electron chi connectivity index (χ0n) is 22.8. The summed E-state index contributed by atoms with van der Waals surface area (Å²) in [6, 6.07) is 14.2. The Morgan fingerprint density at radius 3 is 2.19 bits per heavy atom. The highest BCUT2D eigenvalue weighted by Crippen LogP contribution is 2.29. The van der Waals surface area contributed by atoms with Gasteiger partial charge in [-0.3, -0.25) is 13.9 Å². The Balaban J connectivity index is 2.53. The SMILES string of the molecule is CC[C@@H](C(=O)NC(C)(C)C)N(Cc1cccc(C)c1)C(=O)CN(c1ccccc1C(C)C)S(C)(=O)=O. The Labute approximate surface area is 216 Å². The zero-order valence-corrected chi connectivity index (χ0v) is 23.6. The minimum atomic E-state index is -3.78. The molecule has 1 atom stereocenters. The van der Waals surface area contributed by atoms with Crippen molar-refractivity contribution in [2.75, 3.05) is 17.1 Å². The number of anilines is 1. The number of rotatable bonds is 10. The minimum Gasteiger partial charge on any atom is -0.350 e. The quantitative estimate of drug-likeness (QED) is 0.501. The molecule has 0 fully saturated rings. The number of sulfonamides is 1. The van der Waals surface area contributed by atoms with E-state index < -0.39 is 34.1 Å². The summed E-state index contributed by atoms with van der Waals surface area (Å²) in [4.78, 5) is 28.6. The van der Waals surface area contributed by atoms with Gasteiger partial charge in [-0.2, -0.15) is 0 Å². The van der Waals surface area contributed by atoms with Gasteiger partial charge in [0.1, 0.15) is 12.6 Å². The second-order valence-electron chi connectivity index (χ2n) is 10.7. The van der Waals surface area contributed by atoms with E-state index in [1.54, 1.807) is 12.1 Å². The van der Waals surface area contributed by atoms with Crippen molar-refractivity contribution in [3.63, 3.8) is 0 Å². The van der Waals surface area contributed by atoms with Gasteiger partial charge in [-0.15, -0.1) is 0 Å². The Morgan fingerprint density at radius 2 is 1.67 bits per heavy atom. The van der Waals surface area contributed by atoms with Crippen LogP contribution in [0.15, 0.2) is 48.5 Å². The molecule has 2 amide bonds. The molecule has 0 aliphatic heterocycles. The maximum Gasteiger partial charge on any atom is 0.244 e. The van der Waals surface area contributed by atoms with Crippen LogP contribution in [0.25, 0.3) is 0 Å². The standard InChI is InChI=1S/C28H41N3O4S/c1-9-24(27(33)29-28(5,6)7)30(18-22-14-12-13-21(4)17-22)26(32)19-31(36(8,34)35)25-16-11-10-15-23(25)20(2)3/h10-17,20,24H,9,18-19H2,1-8H3,(H,29,33)/t24-/m0/s1. The van der Waals surface area contributed by atoms with E-state index in [1.807, 2.05) is 84.9 Å². The summed E-state index contributed by atoms with van der Waals surface area (Å²) in [6.07, 6.45) is 1.49. The summed E-state index contributed by atoms with van der Waals surface area (Å²) in [5.74, 6) is -0.638. The maximum absolute atomic E-state index is 13.9. The Kier molecular flexibility index (Phi) is 9.71. The van der Waals surface area contributed by atoms with Gasteiger partial charge in [0, 0.05) is 12.1 Å². The molecule has 36 heavy (non-hydrogen) atoms. The average molecular weight is 516 g/mol. The van der Waals surface area contributed by atoms with Crippen molar-refractivity contribution in [3.8, 4) is 0 Å². The van der Waals surface area contributed by atoms with Crippen molar-refractivity contribution in [1.82, 2.24) is 10.2 Å². The lowest BCUT2D eigenvalue weighted by Crippen LogP contribution is -2.55. The monoisotopic (exact) mass is 515 g/mol. The molecule has 1 N–H and O–H groups in total. The predicted molar refractivity (Wildman–Crippen MR) is 146 cm³/mol. The van der Waals surface area contributed by atoms with Gasteiger partial charge in [-0.05, 0) is 57.2 Å². The normalized spacial score (nSPS) is 12.8. The number of aryl methyl sites for hydroxylation is 1. The molecule has 0 aromatic heterocycles. The average Bonchev–Trinajstić information content (AvgIpc) is 2.75. The van der Waals surface area contributed by atoms with Gasteiger partial charge in [-0.1, -0.05) is 68.8 Å². The first-order valence-corrected chi connectivity index (χ1v) is 14.2. The van der Waals surface area contributed by atoms with Crippen LogP contribution in [-0.4, -0.2) is 49.5 Å². The molecule has 2 aromatic carbocycles. The maximum atomic E-state index is 13.9. The molecule has 0 aliphatic carbocycles. The first-order valence-electron chi connectivity index (χ1n) is 12.4. The lowest BCUT2D eigenvalue weighted by molar-refractivity contribution is -0.141. The van der Waals surface area contributed by atoms with Crippen LogP contribution in [0, 0.1) is 6.92 Å². The molecule has 0 heterocycles. The number of benzene rings is 2. The van der Waals surface area contributed by atoms with Crippen molar-refractivity contribution >= 4 is 27.5 Å². The molecule has 7 nitrogen and oxygen atoms in total. The van der Waals surface area contributed by atoms with Crippen LogP contribution >= 0.6 is 0 Å². The Morgan fingerprint density at radius 1 is 1.03 bits per heavy atom. The molecule has 0 saturated heterocycles. The number of nitrogens with one attached hydrogen (secondary N) is 1. The minimum absolute atomic E-state index is 0.0601. The summed E-state index contributed by atoms with van der Waals surface area (Å²) >= 11 is 0. The Hall–Kier alpha value is -2.87. The van der Waals surface area contributed by atoms with Crippen LogP contribution in [0.5, 0.6) is 0 Å². The molecule has 198 valence electrons. The zero-order chi connectivity index (χ0) is 27.3. The van der Waals surface area contributed by atoms with E-state index in [0.717, 1.165) is 27.3 Å². The van der Waals surface area contributed by atoms with Crippen LogP contribution in [0.2, 0.25) is 0 Å². The number of hydrogen-bond donors (Lipinski definition) is 1. The van der Waals surface area contributed by atoms with Gasteiger partial charge in [0.05, 0.1) is 11.9 Å². The van der Waals surface area contributed by atoms with Gasteiger partial charge in [0.2, 0.25) is 21.8 Å². The van der Waals surface area contributed by atoms with Crippen LogP contribution < -0.4 is 9.62 Å². The highest BCUT2D eigenvalue weighted by molar-refractivity contribution is 7.92. The van der Waals surface area contributed by atoms with E-state index >= 15 is 0 Å². The van der Waals surface area contributed by atoms with E-state index in [0.29, 0.717) is 12.1 Å². The van der Waals surface area contributed by atoms with Crippen LogP contribution in [0.1, 0.15) is 70.6 Å². The smallest absolute Gasteiger partial charge is 0.244 e. The van der Waals surface area contributed by atoms with Crippen LogP contribution in [-0.2, 0) is 26.2 Å². The molecule has 0 saturated carbocycles. The first-order chi connectivity index (χ1) is 16.6. The molecule has 2 aromatic rings. The third kappa shape index (κ3) is 8.08. The fourth-order valence-corrected chi connectivity index (χ4v) is 5.05. The molecule has 0 unspecified atom stereocenters. The third-order valence-electron chi connectivity index (χ3n) is 5.83. The molecule has 0 bridgehead atoms. The van der Waals surface area contributed by atoms with Crippen molar-refractivity contribution in [2.24, 2.45) is 0 Å². The number of amides is 2. The molecule has 2 rings (SSSR count). The Bertz CT molecular complexity index is 1170. The number of hydrogen-bond acceptors (Lipinski definition) is 4. The molecule has 0 spiro atoms. The summed E-state index contributed by atoms with van der Waals surface area (Å²) in [5.41, 5.74) is 2.75. The van der Waals surface area contributed by atoms with E-state index in [9.17, 15) is 18.0 Å². The highest BCUT2D eigenvalue weighted by atomic mass is 32.2. The van der Waals surface area contributed by atoms with Crippen LogP contribution in [0.3, 0.4) is 0 Å².